The van der Waals surface area contributed by atoms with E-state index >= 15 is 0 Å². The normalized spacial score (nSPS) is 11.9. The number of fused-ring (bicyclic) bond motifs is 1. The minimum Gasteiger partial charge on any atom is -0.443 e. The molecule has 0 fully saturated rings. The van der Waals surface area contributed by atoms with E-state index in [1.54, 1.807) is 17.5 Å². The number of aromatic nitrogens is 2. The molecule has 3 rings (SSSR count). The summed E-state index contributed by atoms with van der Waals surface area (Å²) in [6.07, 6.45) is 1.80. The van der Waals surface area contributed by atoms with Crippen LogP contribution in [0.25, 0.3) is 10.2 Å². The SMILES string of the molecule is CC(C)(C)c1cnc(CNc2nc3ccccc3s2)o1. The molecule has 3 aromatic rings. The number of anilines is 1. The molecule has 0 aliphatic heterocycles. The molecule has 0 bridgehead atoms. The van der Waals surface area contributed by atoms with E-state index in [0.29, 0.717) is 12.4 Å². The maximum atomic E-state index is 5.75. The summed E-state index contributed by atoms with van der Waals surface area (Å²) in [6.45, 7) is 6.88. The van der Waals surface area contributed by atoms with Crippen LogP contribution in [-0.2, 0) is 12.0 Å². The molecule has 0 aliphatic carbocycles. The lowest BCUT2D eigenvalue weighted by molar-refractivity contribution is 0.385. The summed E-state index contributed by atoms with van der Waals surface area (Å²) in [5.41, 5.74) is 1.00. The van der Waals surface area contributed by atoms with Crippen molar-refractivity contribution < 1.29 is 4.42 Å². The van der Waals surface area contributed by atoms with Crippen molar-refractivity contribution in [3.05, 3.63) is 42.1 Å². The van der Waals surface area contributed by atoms with Gasteiger partial charge in [0.15, 0.2) is 5.13 Å². The lowest BCUT2D eigenvalue weighted by atomic mass is 9.94. The van der Waals surface area contributed by atoms with Crippen LogP contribution in [0.2, 0.25) is 0 Å². The number of nitrogens with one attached hydrogen (secondary N) is 1. The highest BCUT2D eigenvalue weighted by molar-refractivity contribution is 7.22. The predicted molar refractivity (Wildman–Crippen MR) is 82.1 cm³/mol. The lowest BCUT2D eigenvalue weighted by Gasteiger charge is -2.13. The van der Waals surface area contributed by atoms with E-state index in [-0.39, 0.29) is 5.41 Å². The van der Waals surface area contributed by atoms with E-state index in [2.05, 4.69) is 42.1 Å². The van der Waals surface area contributed by atoms with Crippen molar-refractivity contribution in [1.82, 2.24) is 9.97 Å². The van der Waals surface area contributed by atoms with Crippen molar-refractivity contribution in [2.45, 2.75) is 32.7 Å². The molecular formula is C15H17N3OS. The van der Waals surface area contributed by atoms with Crippen molar-refractivity contribution in [2.75, 3.05) is 5.32 Å². The van der Waals surface area contributed by atoms with Crippen molar-refractivity contribution in [2.24, 2.45) is 0 Å². The number of hydrogen-bond donors (Lipinski definition) is 1. The summed E-state index contributed by atoms with van der Waals surface area (Å²) in [5, 5.41) is 4.16. The van der Waals surface area contributed by atoms with Crippen LogP contribution >= 0.6 is 11.3 Å². The molecule has 5 heteroatoms. The molecule has 104 valence electrons. The van der Waals surface area contributed by atoms with Crippen LogP contribution in [-0.4, -0.2) is 9.97 Å². The Labute approximate surface area is 121 Å². The summed E-state index contributed by atoms with van der Waals surface area (Å²) < 4.78 is 6.93. The van der Waals surface area contributed by atoms with Crippen LogP contribution < -0.4 is 5.32 Å². The first-order valence-electron chi connectivity index (χ1n) is 6.57. The Bertz CT molecular complexity index is 691. The number of nitrogens with zero attached hydrogens (tertiary/aromatic N) is 2. The number of benzene rings is 1. The van der Waals surface area contributed by atoms with Gasteiger partial charge in [-0.25, -0.2) is 9.97 Å². The Kier molecular flexibility index (Phi) is 3.22. The summed E-state index contributed by atoms with van der Waals surface area (Å²) in [4.78, 5) is 8.82. The Morgan fingerprint density at radius 1 is 1.25 bits per heavy atom. The Hall–Kier alpha value is -1.88. The fourth-order valence-electron chi connectivity index (χ4n) is 1.84. The average molecular weight is 287 g/mol. The maximum absolute atomic E-state index is 5.75. The Morgan fingerprint density at radius 3 is 2.75 bits per heavy atom. The second kappa shape index (κ2) is 4.90. The van der Waals surface area contributed by atoms with Gasteiger partial charge in [0, 0.05) is 5.41 Å². The Balaban J connectivity index is 1.71. The third-order valence-corrected chi connectivity index (χ3v) is 3.97. The van der Waals surface area contributed by atoms with Gasteiger partial charge in [-0.2, -0.15) is 0 Å². The van der Waals surface area contributed by atoms with Crippen LogP contribution in [0.3, 0.4) is 0 Å². The van der Waals surface area contributed by atoms with Crippen molar-refractivity contribution >= 4 is 26.7 Å². The summed E-state index contributed by atoms with van der Waals surface area (Å²) in [5.74, 6) is 1.59. The van der Waals surface area contributed by atoms with E-state index in [0.717, 1.165) is 16.4 Å². The average Bonchev–Trinajstić information content (AvgIpc) is 3.02. The minimum atomic E-state index is -0.0128. The quantitative estimate of drug-likeness (QED) is 0.784. The van der Waals surface area contributed by atoms with Crippen LogP contribution in [0.15, 0.2) is 34.9 Å². The van der Waals surface area contributed by atoms with Crippen molar-refractivity contribution in [3.8, 4) is 0 Å². The zero-order valence-electron chi connectivity index (χ0n) is 11.8. The van der Waals surface area contributed by atoms with Gasteiger partial charge in [-0.1, -0.05) is 44.2 Å². The van der Waals surface area contributed by atoms with Crippen LogP contribution in [0.1, 0.15) is 32.4 Å². The fourth-order valence-corrected chi connectivity index (χ4v) is 2.70. The number of hydrogen-bond acceptors (Lipinski definition) is 5. The lowest BCUT2D eigenvalue weighted by Crippen LogP contribution is -2.09. The van der Waals surface area contributed by atoms with Gasteiger partial charge < -0.3 is 9.73 Å². The highest BCUT2D eigenvalue weighted by Crippen LogP contribution is 2.26. The highest BCUT2D eigenvalue weighted by Gasteiger charge is 2.19. The topological polar surface area (TPSA) is 51.0 Å². The molecule has 2 heterocycles. The monoisotopic (exact) mass is 287 g/mol. The van der Waals surface area contributed by atoms with Gasteiger partial charge in [-0.15, -0.1) is 0 Å². The van der Waals surface area contributed by atoms with Crippen LogP contribution in [0, 0.1) is 0 Å². The molecule has 1 aromatic carbocycles. The molecule has 2 aromatic heterocycles. The standard InChI is InChI=1S/C15H17N3OS/c1-15(2,3)12-8-16-13(19-12)9-17-14-18-10-6-4-5-7-11(10)20-14/h4-8H,9H2,1-3H3,(H,17,18). The molecule has 20 heavy (non-hydrogen) atoms. The van der Waals surface area contributed by atoms with Crippen molar-refractivity contribution in [3.63, 3.8) is 0 Å². The minimum absolute atomic E-state index is 0.0128. The largest absolute Gasteiger partial charge is 0.443 e. The molecule has 0 saturated heterocycles. The zero-order valence-corrected chi connectivity index (χ0v) is 12.6. The number of thiazole rings is 1. The Morgan fingerprint density at radius 2 is 2.05 bits per heavy atom. The third-order valence-electron chi connectivity index (χ3n) is 2.98. The van der Waals surface area contributed by atoms with E-state index in [9.17, 15) is 0 Å². The van der Waals surface area contributed by atoms with Gasteiger partial charge in [-0.05, 0) is 12.1 Å². The van der Waals surface area contributed by atoms with E-state index in [4.69, 9.17) is 4.42 Å². The first-order valence-corrected chi connectivity index (χ1v) is 7.39. The molecule has 1 N–H and O–H groups in total. The molecule has 4 nitrogen and oxygen atoms in total. The highest BCUT2D eigenvalue weighted by atomic mass is 32.1. The van der Waals surface area contributed by atoms with E-state index in [1.807, 2.05) is 18.2 Å². The van der Waals surface area contributed by atoms with Gasteiger partial charge in [-0.3, -0.25) is 0 Å². The molecule has 0 amide bonds. The molecule has 0 spiro atoms. The van der Waals surface area contributed by atoms with E-state index in [1.165, 1.54) is 4.70 Å². The van der Waals surface area contributed by atoms with Gasteiger partial charge in [0.25, 0.3) is 0 Å². The second-order valence-electron chi connectivity index (χ2n) is 5.71. The smallest absolute Gasteiger partial charge is 0.213 e. The van der Waals surface area contributed by atoms with Gasteiger partial charge in [0.1, 0.15) is 5.76 Å². The zero-order chi connectivity index (χ0) is 14.2. The number of oxazole rings is 1. The molecule has 0 atom stereocenters. The van der Waals surface area contributed by atoms with Crippen LogP contribution in [0.5, 0.6) is 0 Å². The summed E-state index contributed by atoms with van der Waals surface area (Å²) in [6, 6.07) is 8.10. The van der Waals surface area contributed by atoms with Gasteiger partial charge >= 0.3 is 0 Å². The summed E-state index contributed by atoms with van der Waals surface area (Å²) in [7, 11) is 0. The fraction of sp³-hybridized carbons (Fsp3) is 0.333. The third kappa shape index (κ3) is 2.67. The second-order valence-corrected chi connectivity index (χ2v) is 6.74. The molecular weight excluding hydrogens is 270 g/mol. The number of para-hydroxylation sites is 1. The first kappa shape index (κ1) is 13.1. The van der Waals surface area contributed by atoms with Crippen LogP contribution in [0.4, 0.5) is 5.13 Å². The van der Waals surface area contributed by atoms with Gasteiger partial charge in [0.2, 0.25) is 5.89 Å². The molecule has 0 saturated carbocycles. The first-order chi connectivity index (χ1) is 9.52. The number of rotatable bonds is 3. The van der Waals surface area contributed by atoms with Gasteiger partial charge in [0.05, 0.1) is 23.0 Å². The molecule has 0 aliphatic rings. The maximum Gasteiger partial charge on any atom is 0.213 e. The molecule has 0 radical (unpaired) electrons. The summed E-state index contributed by atoms with van der Waals surface area (Å²) >= 11 is 1.64. The predicted octanol–water partition coefficient (Wildman–Crippen LogP) is 4.19. The van der Waals surface area contributed by atoms with Crippen molar-refractivity contribution in [1.29, 1.82) is 0 Å². The molecule has 0 unspecified atom stereocenters. The van der Waals surface area contributed by atoms with E-state index < -0.39 is 0 Å².